The molecule has 1 heterocycles. The molecule has 2 fully saturated rings. The fourth-order valence-corrected chi connectivity index (χ4v) is 25.5. The standard InChI is InChI=1S/C15H23Si.C5H5.2ClH.Hf/c1-2-10-16(11-5-12-16)15-9-8-13-6-3-4-7-14(13)15;1-2-4-5-3-1;;;/h3-4,7,13H,2,5-6,8-12H2,1H3;1-3H,4H2;2*1H;/q;;;;+2/p-2. The summed E-state index contributed by atoms with van der Waals surface area (Å²) in [5.74, 6) is 0.939. The quantitative estimate of drug-likeness (QED) is 0.433. The molecule has 1 aliphatic heterocycles. The molecule has 3 aliphatic carbocycles. The van der Waals surface area contributed by atoms with Crippen LogP contribution in [0.15, 0.2) is 45.4 Å². The Morgan fingerprint density at radius 2 is 1.96 bits per heavy atom. The third kappa shape index (κ3) is 3.30. The van der Waals surface area contributed by atoms with Crippen molar-refractivity contribution in [2.45, 2.75) is 66.4 Å². The van der Waals surface area contributed by atoms with Crippen molar-refractivity contribution in [1.82, 2.24) is 0 Å². The zero-order valence-corrected chi connectivity index (χ0v) is 20.8. The van der Waals surface area contributed by atoms with Crippen molar-refractivity contribution in [3.8, 4) is 0 Å². The molecular weight excluding hydrogens is 518 g/mol. The smallest absolute Gasteiger partial charge is 1.00 e. The number of fused-ring (bicyclic) bond motifs is 1. The van der Waals surface area contributed by atoms with Gasteiger partial charge in [-0.3, -0.25) is 0 Å². The first-order valence-electron chi connectivity index (χ1n) is 9.31. The third-order valence-electron chi connectivity index (χ3n) is 6.72. The van der Waals surface area contributed by atoms with Gasteiger partial charge in [0.2, 0.25) is 0 Å². The van der Waals surface area contributed by atoms with E-state index in [4.69, 9.17) is 0 Å². The van der Waals surface area contributed by atoms with Gasteiger partial charge in [-0.25, -0.2) is 0 Å². The molecule has 0 amide bonds. The van der Waals surface area contributed by atoms with E-state index < -0.39 is 31.0 Å². The zero-order chi connectivity index (χ0) is 15.0. The van der Waals surface area contributed by atoms with E-state index in [1.807, 2.05) is 8.90 Å². The first-order chi connectivity index (χ1) is 10.8. The summed E-state index contributed by atoms with van der Waals surface area (Å²) in [5.41, 5.74) is 1.99. The second kappa shape index (κ2) is 8.54. The molecule has 130 valence electrons. The molecule has 4 rings (SSSR count). The predicted molar refractivity (Wildman–Crippen MR) is 94.2 cm³/mol. The van der Waals surface area contributed by atoms with Crippen LogP contribution in [0, 0.1) is 5.92 Å². The SMILES string of the molecule is CCC[Si]1([C]2([Hf+2][C]3=CC=CC3)CCC3CC=CC=C32)CCC1.[Cl-].[Cl-]. The van der Waals surface area contributed by atoms with Crippen LogP contribution in [0.1, 0.15) is 45.4 Å². The van der Waals surface area contributed by atoms with Crippen LogP contribution >= 0.6 is 0 Å². The molecule has 24 heavy (non-hydrogen) atoms. The van der Waals surface area contributed by atoms with Gasteiger partial charge in [-0.05, 0) is 0 Å². The maximum Gasteiger partial charge on any atom is -1.00 e. The van der Waals surface area contributed by atoms with Crippen LogP contribution in [-0.2, 0) is 22.9 Å². The number of hydrogen-bond donors (Lipinski definition) is 0. The summed E-state index contributed by atoms with van der Waals surface area (Å²) in [7, 11) is -1.02. The van der Waals surface area contributed by atoms with E-state index in [2.05, 4.69) is 43.4 Å². The molecule has 1 saturated carbocycles. The molecule has 0 N–H and O–H groups in total. The molecular formula is C20H28Cl2HfSi. The van der Waals surface area contributed by atoms with E-state index in [-0.39, 0.29) is 24.8 Å². The molecule has 2 unspecified atom stereocenters. The molecule has 0 aromatic rings. The zero-order valence-electron chi connectivity index (χ0n) is 14.7. The van der Waals surface area contributed by atoms with Crippen LogP contribution in [0.4, 0.5) is 0 Å². The molecule has 4 aliphatic rings. The van der Waals surface area contributed by atoms with Gasteiger partial charge in [-0.15, -0.1) is 0 Å². The van der Waals surface area contributed by atoms with Gasteiger partial charge in [0, 0.05) is 0 Å². The van der Waals surface area contributed by atoms with Crippen LogP contribution in [0.5, 0.6) is 0 Å². The Morgan fingerprint density at radius 3 is 2.58 bits per heavy atom. The van der Waals surface area contributed by atoms with Crippen LogP contribution in [0.3, 0.4) is 0 Å². The van der Waals surface area contributed by atoms with E-state index in [9.17, 15) is 0 Å². The van der Waals surface area contributed by atoms with Gasteiger partial charge >= 0.3 is 149 Å². The van der Waals surface area contributed by atoms with Crippen molar-refractivity contribution in [3.05, 3.63) is 45.4 Å². The molecule has 0 aromatic carbocycles. The average molecular weight is 546 g/mol. The molecule has 0 nitrogen and oxygen atoms in total. The van der Waals surface area contributed by atoms with E-state index in [1.54, 1.807) is 31.0 Å². The van der Waals surface area contributed by atoms with Crippen molar-refractivity contribution in [3.63, 3.8) is 0 Å². The minimum atomic E-state index is -1.02. The van der Waals surface area contributed by atoms with Crippen LogP contribution < -0.4 is 24.8 Å². The van der Waals surface area contributed by atoms with Crippen molar-refractivity contribution >= 4 is 8.07 Å². The minimum absolute atomic E-state index is 0. The molecule has 0 aromatic heterocycles. The van der Waals surface area contributed by atoms with Gasteiger partial charge in [0.05, 0.1) is 0 Å². The number of allylic oxidation sites excluding steroid dienone is 8. The normalized spacial score (nSPS) is 31.8. The van der Waals surface area contributed by atoms with E-state index in [1.165, 1.54) is 25.7 Å². The molecule has 1 saturated heterocycles. The summed E-state index contributed by atoms with van der Waals surface area (Å²) in [5, 5.41) is 0. The fraction of sp³-hybridized carbons (Fsp3) is 0.600. The van der Waals surface area contributed by atoms with Crippen LogP contribution in [-0.4, -0.2) is 8.07 Å². The molecule has 4 heteroatoms. The monoisotopic (exact) mass is 546 g/mol. The van der Waals surface area contributed by atoms with Crippen molar-refractivity contribution in [1.29, 1.82) is 0 Å². The van der Waals surface area contributed by atoms with E-state index in [0.29, 0.717) is 0 Å². The summed E-state index contributed by atoms with van der Waals surface area (Å²) in [6.07, 6.45) is 23.5. The summed E-state index contributed by atoms with van der Waals surface area (Å²) in [6.45, 7) is 2.45. The van der Waals surface area contributed by atoms with Gasteiger partial charge in [0.25, 0.3) is 0 Å². The number of rotatable bonds is 5. The van der Waals surface area contributed by atoms with Crippen LogP contribution in [0.25, 0.3) is 0 Å². The number of hydrogen-bond acceptors (Lipinski definition) is 0. The Balaban J connectivity index is 0.00000104. The molecule has 0 spiro atoms. The third-order valence-corrected chi connectivity index (χ3v) is 25.8. The van der Waals surface area contributed by atoms with E-state index >= 15 is 0 Å². The second-order valence-corrected chi connectivity index (χ2v) is 20.7. The summed E-state index contributed by atoms with van der Waals surface area (Å²) >= 11 is -0.750. The minimum Gasteiger partial charge on any atom is -1.00 e. The Labute approximate surface area is 172 Å². The second-order valence-electron chi connectivity index (χ2n) is 7.76. The fourth-order valence-electron chi connectivity index (χ4n) is 5.60. The topological polar surface area (TPSA) is 0 Å². The predicted octanol–water partition coefficient (Wildman–Crippen LogP) is 0.177. The van der Waals surface area contributed by atoms with Crippen molar-refractivity contribution < 1.29 is 47.7 Å². The van der Waals surface area contributed by atoms with E-state index in [0.717, 1.165) is 8.71 Å². The largest absolute Gasteiger partial charge is 1.00 e. The van der Waals surface area contributed by atoms with Gasteiger partial charge in [-0.2, -0.15) is 0 Å². The van der Waals surface area contributed by atoms with Crippen molar-refractivity contribution in [2.24, 2.45) is 5.92 Å². The maximum absolute atomic E-state index is 2.61. The summed E-state index contributed by atoms with van der Waals surface area (Å²) < 4.78 is 2.75. The van der Waals surface area contributed by atoms with Gasteiger partial charge in [0.15, 0.2) is 0 Å². The Hall–Kier alpha value is 0.627. The first kappa shape index (κ1) is 20.9. The Kier molecular flexibility index (Phi) is 7.45. The number of halogens is 2. The van der Waals surface area contributed by atoms with Crippen LogP contribution in [0.2, 0.25) is 20.9 Å². The van der Waals surface area contributed by atoms with Gasteiger partial charge < -0.3 is 24.8 Å². The molecule has 0 radical (unpaired) electrons. The Bertz CT molecular complexity index is 574. The summed E-state index contributed by atoms with van der Waals surface area (Å²) in [6, 6.07) is 4.97. The first-order valence-corrected chi connectivity index (χ1v) is 15.5. The summed E-state index contributed by atoms with van der Waals surface area (Å²) in [4.78, 5) is 0. The maximum atomic E-state index is 2.61. The van der Waals surface area contributed by atoms with Gasteiger partial charge in [0.1, 0.15) is 0 Å². The Morgan fingerprint density at radius 1 is 1.17 bits per heavy atom. The average Bonchev–Trinajstić information content (AvgIpc) is 3.13. The van der Waals surface area contributed by atoms with Gasteiger partial charge in [-0.1, -0.05) is 0 Å². The van der Waals surface area contributed by atoms with Crippen molar-refractivity contribution in [2.75, 3.05) is 0 Å². The molecule has 0 bridgehead atoms. The molecule has 2 atom stereocenters.